The highest BCUT2D eigenvalue weighted by Crippen LogP contribution is 2.19. The number of anilines is 1. The Morgan fingerprint density at radius 2 is 2.33 bits per heavy atom. The number of hydrogen-bond donors (Lipinski definition) is 2. The number of nitrogens with two attached hydrogens (primary N) is 1. The Labute approximate surface area is 97.5 Å². The molecule has 0 unspecified atom stereocenters. The predicted molar refractivity (Wildman–Crippen MR) is 66.3 cm³/mol. The van der Waals surface area contributed by atoms with Gasteiger partial charge in [0.1, 0.15) is 0 Å². The van der Waals surface area contributed by atoms with Gasteiger partial charge in [-0.25, -0.2) is 0 Å². The average molecular weight is 269 g/mol. The summed E-state index contributed by atoms with van der Waals surface area (Å²) in [6.45, 7) is 2.01. The van der Waals surface area contributed by atoms with Crippen molar-refractivity contribution in [3.05, 3.63) is 34.3 Å². The van der Waals surface area contributed by atoms with Crippen molar-refractivity contribution < 1.29 is 4.79 Å². The maximum absolute atomic E-state index is 10.6. The minimum Gasteiger partial charge on any atom is -0.398 e. The Kier molecular flexibility index (Phi) is 4.37. The first-order chi connectivity index (χ1) is 7.09. The summed E-state index contributed by atoms with van der Waals surface area (Å²) in [4.78, 5) is 10.6. The first kappa shape index (κ1) is 11.8. The van der Waals surface area contributed by atoms with Crippen LogP contribution in [0.4, 0.5) is 5.69 Å². The summed E-state index contributed by atoms with van der Waals surface area (Å²) in [5, 5.41) is 2.67. The molecule has 15 heavy (non-hydrogen) atoms. The summed E-state index contributed by atoms with van der Waals surface area (Å²) in [5.41, 5.74) is 7.45. The van der Waals surface area contributed by atoms with E-state index in [0.29, 0.717) is 12.2 Å². The zero-order chi connectivity index (χ0) is 11.3. The fraction of sp³-hybridized carbons (Fsp3) is 0.182. The monoisotopic (exact) mass is 268 g/mol. The van der Waals surface area contributed by atoms with Crippen LogP contribution in [-0.4, -0.2) is 12.5 Å². The molecule has 3 nitrogen and oxygen atoms in total. The smallest absolute Gasteiger partial charge is 0.217 e. The van der Waals surface area contributed by atoms with Crippen molar-refractivity contribution in [3.63, 3.8) is 0 Å². The van der Waals surface area contributed by atoms with Gasteiger partial charge in [-0.05, 0) is 17.7 Å². The normalized spacial score (nSPS) is 10.5. The van der Waals surface area contributed by atoms with Crippen LogP contribution < -0.4 is 11.1 Å². The van der Waals surface area contributed by atoms with Crippen molar-refractivity contribution in [2.75, 3.05) is 12.3 Å². The van der Waals surface area contributed by atoms with E-state index >= 15 is 0 Å². The molecule has 0 radical (unpaired) electrons. The minimum atomic E-state index is -0.0385. The molecule has 1 amide bonds. The van der Waals surface area contributed by atoms with Gasteiger partial charge < -0.3 is 11.1 Å². The maximum atomic E-state index is 10.6. The molecule has 0 heterocycles. The number of benzene rings is 1. The van der Waals surface area contributed by atoms with Crippen LogP contribution >= 0.6 is 15.9 Å². The maximum Gasteiger partial charge on any atom is 0.217 e. The van der Waals surface area contributed by atoms with E-state index < -0.39 is 0 Å². The third-order valence-electron chi connectivity index (χ3n) is 1.82. The molecule has 0 bridgehead atoms. The van der Waals surface area contributed by atoms with Crippen LogP contribution in [0.5, 0.6) is 0 Å². The van der Waals surface area contributed by atoms with Gasteiger partial charge in [-0.3, -0.25) is 4.79 Å². The number of rotatable bonds is 3. The second-order valence-electron chi connectivity index (χ2n) is 3.11. The number of carbonyl (C=O) groups excluding carboxylic acids is 1. The zero-order valence-electron chi connectivity index (χ0n) is 8.46. The molecular formula is C11H13BrN2O. The van der Waals surface area contributed by atoms with Crippen molar-refractivity contribution in [3.8, 4) is 0 Å². The second-order valence-corrected chi connectivity index (χ2v) is 4.03. The summed E-state index contributed by atoms with van der Waals surface area (Å²) >= 11 is 3.34. The highest BCUT2D eigenvalue weighted by atomic mass is 79.9. The van der Waals surface area contributed by atoms with E-state index in [4.69, 9.17) is 5.73 Å². The van der Waals surface area contributed by atoms with Crippen LogP contribution in [0.3, 0.4) is 0 Å². The van der Waals surface area contributed by atoms with Crippen molar-refractivity contribution in [1.29, 1.82) is 0 Å². The first-order valence-electron chi connectivity index (χ1n) is 4.55. The van der Waals surface area contributed by atoms with Crippen molar-refractivity contribution in [2.45, 2.75) is 6.92 Å². The molecule has 0 spiro atoms. The van der Waals surface area contributed by atoms with Crippen molar-refractivity contribution >= 4 is 33.6 Å². The quantitative estimate of drug-likeness (QED) is 0.826. The van der Waals surface area contributed by atoms with E-state index in [-0.39, 0.29) is 5.91 Å². The van der Waals surface area contributed by atoms with Crippen LogP contribution in [0.1, 0.15) is 12.5 Å². The molecule has 0 fully saturated rings. The Morgan fingerprint density at radius 1 is 1.60 bits per heavy atom. The van der Waals surface area contributed by atoms with Crippen LogP contribution in [0.15, 0.2) is 28.7 Å². The SMILES string of the molecule is CC(=O)NCC=Cc1ccc(Br)cc1N. The van der Waals surface area contributed by atoms with E-state index in [9.17, 15) is 4.79 Å². The van der Waals surface area contributed by atoms with Gasteiger partial charge in [-0.1, -0.05) is 34.1 Å². The number of carbonyl (C=O) groups is 1. The molecule has 0 aliphatic carbocycles. The van der Waals surface area contributed by atoms with E-state index in [1.165, 1.54) is 6.92 Å². The van der Waals surface area contributed by atoms with Crippen LogP contribution in [0.2, 0.25) is 0 Å². The third-order valence-corrected chi connectivity index (χ3v) is 2.31. The highest BCUT2D eigenvalue weighted by Gasteiger charge is 1.95. The topological polar surface area (TPSA) is 55.1 Å². The summed E-state index contributed by atoms with van der Waals surface area (Å²) in [6, 6.07) is 5.69. The van der Waals surface area contributed by atoms with Gasteiger partial charge >= 0.3 is 0 Å². The minimum absolute atomic E-state index is 0.0385. The van der Waals surface area contributed by atoms with E-state index in [1.54, 1.807) is 0 Å². The molecular weight excluding hydrogens is 256 g/mol. The summed E-state index contributed by atoms with van der Waals surface area (Å²) in [7, 11) is 0. The molecule has 1 aromatic carbocycles. The third kappa shape index (κ3) is 4.16. The van der Waals surface area contributed by atoms with Gasteiger partial charge in [0.2, 0.25) is 5.91 Å². The van der Waals surface area contributed by atoms with Gasteiger partial charge in [0.15, 0.2) is 0 Å². The Balaban J connectivity index is 2.60. The molecule has 0 saturated carbocycles. The average Bonchev–Trinajstić information content (AvgIpc) is 2.14. The summed E-state index contributed by atoms with van der Waals surface area (Å²) < 4.78 is 0.957. The molecule has 0 aliphatic rings. The molecule has 0 aliphatic heterocycles. The molecule has 0 aromatic heterocycles. The number of halogens is 1. The fourth-order valence-corrected chi connectivity index (χ4v) is 1.46. The van der Waals surface area contributed by atoms with Gasteiger partial charge in [0.05, 0.1) is 0 Å². The number of hydrogen-bond acceptors (Lipinski definition) is 2. The Hall–Kier alpha value is -1.29. The standard InChI is InChI=1S/C11H13BrN2O/c1-8(15)14-6-2-3-9-4-5-10(12)7-11(9)13/h2-5,7H,6,13H2,1H3,(H,14,15). The molecule has 1 aromatic rings. The Morgan fingerprint density at radius 3 is 2.93 bits per heavy atom. The van der Waals surface area contributed by atoms with Crippen molar-refractivity contribution in [2.24, 2.45) is 0 Å². The summed E-state index contributed by atoms with van der Waals surface area (Å²) in [5.74, 6) is -0.0385. The number of nitrogen functional groups attached to an aromatic ring is 1. The van der Waals surface area contributed by atoms with Gasteiger partial charge in [-0.15, -0.1) is 0 Å². The molecule has 4 heteroatoms. The predicted octanol–water partition coefficient (Wildman–Crippen LogP) is 2.18. The molecule has 0 atom stereocenters. The lowest BCUT2D eigenvalue weighted by atomic mass is 10.1. The molecule has 0 saturated heterocycles. The summed E-state index contributed by atoms with van der Waals surface area (Å²) in [6.07, 6.45) is 3.75. The van der Waals surface area contributed by atoms with Gasteiger partial charge in [-0.2, -0.15) is 0 Å². The molecule has 3 N–H and O–H groups in total. The zero-order valence-corrected chi connectivity index (χ0v) is 10.0. The molecule has 1 rings (SSSR count). The van der Waals surface area contributed by atoms with Gasteiger partial charge in [0, 0.05) is 23.6 Å². The largest absolute Gasteiger partial charge is 0.398 e. The van der Waals surface area contributed by atoms with Crippen LogP contribution in [-0.2, 0) is 4.79 Å². The van der Waals surface area contributed by atoms with Crippen molar-refractivity contribution in [1.82, 2.24) is 5.32 Å². The molecule has 80 valence electrons. The fourth-order valence-electron chi connectivity index (χ4n) is 1.09. The van der Waals surface area contributed by atoms with E-state index in [1.807, 2.05) is 30.4 Å². The highest BCUT2D eigenvalue weighted by molar-refractivity contribution is 9.10. The Bertz CT molecular complexity index is 388. The van der Waals surface area contributed by atoms with Crippen LogP contribution in [0, 0.1) is 0 Å². The number of amides is 1. The second kappa shape index (κ2) is 5.56. The van der Waals surface area contributed by atoms with E-state index in [0.717, 1.165) is 10.0 Å². The van der Waals surface area contributed by atoms with Gasteiger partial charge in [0.25, 0.3) is 0 Å². The van der Waals surface area contributed by atoms with Crippen LogP contribution in [0.25, 0.3) is 6.08 Å². The number of nitrogens with one attached hydrogen (secondary N) is 1. The lowest BCUT2D eigenvalue weighted by Crippen LogP contribution is -2.19. The first-order valence-corrected chi connectivity index (χ1v) is 5.35. The lowest BCUT2D eigenvalue weighted by Gasteiger charge is -2.00. The lowest BCUT2D eigenvalue weighted by molar-refractivity contribution is -0.118. The van der Waals surface area contributed by atoms with E-state index in [2.05, 4.69) is 21.2 Å².